The van der Waals surface area contributed by atoms with Crippen LogP contribution in [-0.2, 0) is 40.6 Å². The Morgan fingerprint density at radius 1 is 0.587 bits per heavy atom. The maximum absolute atomic E-state index is 13.3. The van der Waals surface area contributed by atoms with Crippen LogP contribution in [0.25, 0.3) is 23.3 Å². The molecule has 0 radical (unpaired) electrons. The van der Waals surface area contributed by atoms with Gasteiger partial charge in [0.05, 0.1) is 11.1 Å². The molecule has 0 spiro atoms. The molecule has 2 N–H and O–H groups in total. The van der Waals surface area contributed by atoms with Crippen LogP contribution in [0.3, 0.4) is 0 Å². The highest BCUT2D eigenvalue weighted by Crippen LogP contribution is 2.48. The largest absolute Gasteiger partial charge is 0.459 e. The van der Waals surface area contributed by atoms with Crippen LogP contribution in [0.15, 0.2) is 84.9 Å². The third kappa shape index (κ3) is 9.66. The fraction of sp³-hybridized carbons (Fsp3) is 0.455. The number of esters is 2. The van der Waals surface area contributed by atoms with Crippen molar-refractivity contribution >= 4 is 35.2 Å². The molecule has 3 aliphatic rings. The molecule has 0 aromatic heterocycles. The van der Waals surface area contributed by atoms with E-state index >= 15 is 0 Å². The minimum absolute atomic E-state index is 0.108. The van der Waals surface area contributed by atoms with Crippen molar-refractivity contribution in [3.63, 3.8) is 0 Å². The highest BCUT2D eigenvalue weighted by molar-refractivity contribution is 5.91. The van der Waals surface area contributed by atoms with E-state index < -0.39 is 42.6 Å². The molecule has 63 heavy (non-hydrogen) atoms. The summed E-state index contributed by atoms with van der Waals surface area (Å²) in [4.78, 5) is 26.4. The quantitative estimate of drug-likeness (QED) is 0.120. The van der Waals surface area contributed by atoms with E-state index in [1.54, 1.807) is 24.3 Å². The summed E-state index contributed by atoms with van der Waals surface area (Å²) in [7, 11) is 1.34. The summed E-state index contributed by atoms with van der Waals surface area (Å²) < 4.78 is 22.5. The van der Waals surface area contributed by atoms with E-state index in [1.807, 2.05) is 24.3 Å². The second kappa shape index (κ2) is 17.6. The zero-order valence-electron chi connectivity index (χ0n) is 39.0. The number of fused-ring (bicyclic) bond motifs is 2. The summed E-state index contributed by atoms with van der Waals surface area (Å²) in [6, 6.07) is 27.8. The van der Waals surface area contributed by atoms with E-state index in [0.29, 0.717) is 5.56 Å². The third-order valence-electron chi connectivity index (χ3n) is 14.2. The summed E-state index contributed by atoms with van der Waals surface area (Å²) in [5.41, 5.74) is 13.2. The number of aliphatic hydroxyl groups is 2. The Balaban J connectivity index is 0.938. The summed E-state index contributed by atoms with van der Waals surface area (Å²) >= 11 is 0. The van der Waals surface area contributed by atoms with Crippen molar-refractivity contribution in [2.45, 2.75) is 147 Å². The maximum atomic E-state index is 13.3. The van der Waals surface area contributed by atoms with Crippen LogP contribution < -0.4 is 0 Å². The molecule has 0 saturated carbocycles. The number of methoxy groups -OCH3 is 1. The lowest BCUT2D eigenvalue weighted by atomic mass is 9.63. The molecule has 4 aromatic carbocycles. The molecule has 5 atom stereocenters. The van der Waals surface area contributed by atoms with Crippen LogP contribution >= 0.6 is 0 Å². The monoisotopic (exact) mass is 854 g/mol. The van der Waals surface area contributed by atoms with Crippen LogP contribution in [-0.4, -0.2) is 66.6 Å². The smallest absolute Gasteiger partial charge is 0.338 e. The average Bonchev–Trinajstić information content (AvgIpc) is 3.25. The van der Waals surface area contributed by atoms with Gasteiger partial charge >= 0.3 is 11.9 Å². The van der Waals surface area contributed by atoms with Crippen molar-refractivity contribution in [1.29, 1.82) is 0 Å². The van der Waals surface area contributed by atoms with E-state index in [9.17, 15) is 19.8 Å². The average molecular weight is 855 g/mol. The minimum atomic E-state index is -1.57. The predicted molar refractivity (Wildman–Crippen MR) is 251 cm³/mol. The first-order chi connectivity index (χ1) is 29.6. The van der Waals surface area contributed by atoms with Gasteiger partial charge in [0.25, 0.3) is 0 Å². The number of rotatable bonds is 10. The highest BCUT2D eigenvalue weighted by Gasteiger charge is 2.48. The molecule has 0 amide bonds. The number of ether oxygens (including phenoxy) is 4. The summed E-state index contributed by atoms with van der Waals surface area (Å²) in [5.74, 6) is -1.32. The van der Waals surface area contributed by atoms with Crippen LogP contribution in [0.4, 0.5) is 0 Å². The lowest BCUT2D eigenvalue weighted by Gasteiger charge is -2.42. The van der Waals surface area contributed by atoms with Crippen LogP contribution in [0.2, 0.25) is 0 Å². The van der Waals surface area contributed by atoms with E-state index in [4.69, 9.17) is 18.9 Å². The van der Waals surface area contributed by atoms with Crippen LogP contribution in [0.5, 0.6) is 0 Å². The standard InChI is InChI=1S/C55H66O8/c1-33(39-20-22-41-43(30-39)54(7,8)26-24-52(41,3)4)28-35-12-16-37(17-13-35)49(58)61-32-45-46(56)47(57)48(51(60-11)62-45)63-50(59)38-18-14-36(15-19-38)29-34(2)40-21-23-42-44(31-40)55(9,10)27-25-53(42,5)6/h12-23,28-31,45-48,51,56-57H,24-27,32H2,1-11H3/t45-,46-,47+,48-,51+/m1/s1. The molecule has 334 valence electrons. The van der Waals surface area contributed by atoms with Crippen molar-refractivity contribution in [1.82, 2.24) is 0 Å². The fourth-order valence-corrected chi connectivity index (χ4v) is 9.56. The van der Waals surface area contributed by atoms with Gasteiger partial charge < -0.3 is 29.2 Å². The second-order valence-corrected chi connectivity index (χ2v) is 20.7. The lowest BCUT2D eigenvalue weighted by Crippen LogP contribution is -2.60. The number of hydrogen-bond donors (Lipinski definition) is 2. The Labute approximate surface area is 374 Å². The van der Waals surface area contributed by atoms with E-state index in [1.165, 1.54) is 41.3 Å². The van der Waals surface area contributed by atoms with Gasteiger partial charge in [0, 0.05) is 7.11 Å². The van der Waals surface area contributed by atoms with Gasteiger partial charge in [-0.15, -0.1) is 0 Å². The van der Waals surface area contributed by atoms with Gasteiger partial charge in [0.2, 0.25) is 0 Å². The Bertz CT molecular complexity index is 2390. The normalized spacial score (nSPS) is 24.7. The summed E-state index contributed by atoms with van der Waals surface area (Å²) in [6.07, 6.45) is 2.01. The first kappa shape index (κ1) is 46.1. The number of carbonyl (C=O) groups is 2. The molecule has 1 fully saturated rings. The number of benzene rings is 4. The summed E-state index contributed by atoms with van der Waals surface area (Å²) in [6.45, 7) is 22.4. The van der Waals surface area contributed by atoms with Gasteiger partial charge in [-0.2, -0.15) is 0 Å². The Kier molecular flexibility index (Phi) is 12.9. The van der Waals surface area contributed by atoms with Crippen molar-refractivity contribution < 1.29 is 38.7 Å². The van der Waals surface area contributed by atoms with Crippen molar-refractivity contribution in [3.05, 3.63) is 141 Å². The molecule has 0 bridgehead atoms. The zero-order valence-corrected chi connectivity index (χ0v) is 39.0. The van der Waals surface area contributed by atoms with Crippen LogP contribution in [0.1, 0.15) is 160 Å². The Morgan fingerprint density at radius 3 is 1.41 bits per heavy atom. The first-order valence-corrected chi connectivity index (χ1v) is 22.4. The SMILES string of the molecule is CO[C@H]1O[C@H](COC(=O)c2ccc(C=C(C)c3ccc4c(c3)C(C)(C)CCC4(C)C)cc2)[C@@H](O)[C@H](O)[C@H]1OC(=O)c1ccc(C=C(C)c2ccc3c(c2)C(C)(C)CCC3(C)C)cc1. The topological polar surface area (TPSA) is 112 Å². The van der Waals surface area contributed by atoms with Gasteiger partial charge in [-0.25, -0.2) is 9.59 Å². The minimum Gasteiger partial charge on any atom is -0.459 e. The van der Waals surface area contributed by atoms with Gasteiger partial charge in [-0.05, 0) is 141 Å². The van der Waals surface area contributed by atoms with Gasteiger partial charge in [-0.1, -0.05) is 128 Å². The second-order valence-electron chi connectivity index (χ2n) is 20.7. The van der Waals surface area contributed by atoms with E-state index in [0.717, 1.165) is 47.1 Å². The molecule has 4 aromatic rings. The molecule has 8 heteroatoms. The highest BCUT2D eigenvalue weighted by atomic mass is 16.7. The number of carbonyl (C=O) groups excluding carboxylic acids is 2. The Morgan fingerprint density at radius 2 is 0.984 bits per heavy atom. The van der Waals surface area contributed by atoms with E-state index in [-0.39, 0.29) is 33.8 Å². The Hall–Kier alpha value is -4.86. The van der Waals surface area contributed by atoms with Crippen molar-refractivity contribution in [2.24, 2.45) is 0 Å². The molecule has 1 heterocycles. The zero-order chi connectivity index (χ0) is 45.6. The van der Waals surface area contributed by atoms with Crippen molar-refractivity contribution in [2.75, 3.05) is 13.7 Å². The molecule has 2 aliphatic carbocycles. The number of allylic oxidation sites excluding steroid dienone is 2. The molecule has 1 aliphatic heterocycles. The third-order valence-corrected chi connectivity index (χ3v) is 14.2. The molecule has 0 unspecified atom stereocenters. The van der Waals surface area contributed by atoms with Gasteiger partial charge in [0.1, 0.15) is 24.9 Å². The van der Waals surface area contributed by atoms with Gasteiger partial charge in [-0.3, -0.25) is 0 Å². The fourth-order valence-electron chi connectivity index (χ4n) is 9.56. The van der Waals surface area contributed by atoms with E-state index in [2.05, 4.69) is 118 Å². The lowest BCUT2D eigenvalue weighted by molar-refractivity contribution is -0.293. The van der Waals surface area contributed by atoms with Crippen LogP contribution in [0, 0.1) is 0 Å². The molecular formula is C55H66O8. The first-order valence-electron chi connectivity index (χ1n) is 22.4. The number of hydrogen-bond acceptors (Lipinski definition) is 8. The molecule has 1 saturated heterocycles. The molecule has 8 nitrogen and oxygen atoms in total. The molecular weight excluding hydrogens is 789 g/mol. The predicted octanol–water partition coefficient (Wildman–Crippen LogP) is 11.0. The number of aliphatic hydroxyl groups excluding tert-OH is 2. The molecule has 7 rings (SSSR count). The van der Waals surface area contributed by atoms with Gasteiger partial charge in [0.15, 0.2) is 12.4 Å². The maximum Gasteiger partial charge on any atom is 0.338 e. The summed E-state index contributed by atoms with van der Waals surface area (Å²) in [5, 5.41) is 22.2. The van der Waals surface area contributed by atoms with Crippen molar-refractivity contribution in [3.8, 4) is 0 Å².